The van der Waals surface area contributed by atoms with Gasteiger partial charge in [-0.15, -0.1) is 0 Å². The van der Waals surface area contributed by atoms with Crippen molar-refractivity contribution in [2.45, 2.75) is 32.2 Å². The van der Waals surface area contributed by atoms with Gasteiger partial charge in [-0.2, -0.15) is 0 Å². The number of amides is 2. The predicted molar refractivity (Wildman–Crippen MR) is 89.3 cm³/mol. The molecule has 2 amide bonds. The number of carbonyl (C=O) groups is 2. The van der Waals surface area contributed by atoms with E-state index in [0.717, 1.165) is 37.9 Å². The van der Waals surface area contributed by atoms with Gasteiger partial charge in [0.05, 0.1) is 0 Å². The zero-order valence-electron chi connectivity index (χ0n) is 13.7. The number of benzene rings is 1. The Morgan fingerprint density at radius 2 is 1.88 bits per heavy atom. The van der Waals surface area contributed by atoms with Gasteiger partial charge in [-0.3, -0.25) is 9.59 Å². The van der Waals surface area contributed by atoms with Crippen molar-refractivity contribution in [1.29, 1.82) is 0 Å². The van der Waals surface area contributed by atoms with Crippen LogP contribution in [0.3, 0.4) is 0 Å². The van der Waals surface area contributed by atoms with Crippen LogP contribution in [0.5, 0.6) is 0 Å². The number of hydrogen-bond acceptors (Lipinski definition) is 4. The molecule has 2 heterocycles. The maximum atomic E-state index is 12.4. The van der Waals surface area contributed by atoms with Gasteiger partial charge in [-0.1, -0.05) is 35.5 Å². The van der Waals surface area contributed by atoms with Crippen molar-refractivity contribution >= 4 is 11.8 Å². The molecule has 0 spiro atoms. The maximum Gasteiger partial charge on any atom is 0.274 e. The van der Waals surface area contributed by atoms with E-state index in [1.807, 2.05) is 35.2 Å². The lowest BCUT2D eigenvalue weighted by Crippen LogP contribution is -2.48. The second-order valence-electron chi connectivity index (χ2n) is 6.02. The van der Waals surface area contributed by atoms with Crippen LogP contribution >= 0.6 is 0 Å². The van der Waals surface area contributed by atoms with Gasteiger partial charge in [0.1, 0.15) is 6.04 Å². The summed E-state index contributed by atoms with van der Waals surface area (Å²) in [4.78, 5) is 26.5. The summed E-state index contributed by atoms with van der Waals surface area (Å²) < 4.78 is 5.22. The first kappa shape index (κ1) is 16.2. The van der Waals surface area contributed by atoms with Gasteiger partial charge in [-0.25, -0.2) is 0 Å². The molecule has 1 N–H and O–H groups in total. The molecular formula is C18H21N3O3. The van der Waals surface area contributed by atoms with Crippen molar-refractivity contribution in [2.75, 3.05) is 13.1 Å². The third-order valence-electron chi connectivity index (χ3n) is 4.19. The second-order valence-corrected chi connectivity index (χ2v) is 6.02. The van der Waals surface area contributed by atoms with Crippen LogP contribution in [-0.2, 0) is 4.79 Å². The first-order valence-electron chi connectivity index (χ1n) is 8.27. The van der Waals surface area contributed by atoms with E-state index >= 15 is 0 Å². The van der Waals surface area contributed by atoms with Crippen LogP contribution in [0.4, 0.5) is 0 Å². The molecule has 1 saturated heterocycles. The highest BCUT2D eigenvalue weighted by atomic mass is 16.5. The number of carbonyl (C=O) groups excluding carboxylic acids is 2. The van der Waals surface area contributed by atoms with Gasteiger partial charge in [-0.05, 0) is 26.2 Å². The van der Waals surface area contributed by atoms with Crippen LogP contribution in [0.1, 0.15) is 36.7 Å². The molecule has 1 unspecified atom stereocenters. The van der Waals surface area contributed by atoms with E-state index in [1.54, 1.807) is 13.0 Å². The fourth-order valence-electron chi connectivity index (χ4n) is 2.84. The highest BCUT2D eigenvalue weighted by Crippen LogP contribution is 2.19. The average Bonchev–Trinajstić information content (AvgIpc) is 3.13. The Kier molecular flexibility index (Phi) is 4.93. The Bertz CT molecular complexity index is 705. The zero-order chi connectivity index (χ0) is 16.9. The van der Waals surface area contributed by atoms with Crippen molar-refractivity contribution in [2.24, 2.45) is 0 Å². The zero-order valence-corrected chi connectivity index (χ0v) is 13.7. The molecular weight excluding hydrogens is 306 g/mol. The molecule has 0 radical (unpaired) electrons. The molecule has 2 aromatic rings. The summed E-state index contributed by atoms with van der Waals surface area (Å²) in [5.41, 5.74) is 1.02. The number of hydrogen-bond donors (Lipinski definition) is 1. The van der Waals surface area contributed by atoms with Crippen molar-refractivity contribution in [1.82, 2.24) is 15.4 Å². The van der Waals surface area contributed by atoms with Crippen molar-refractivity contribution in [3.63, 3.8) is 0 Å². The summed E-state index contributed by atoms with van der Waals surface area (Å²) >= 11 is 0. The highest BCUT2D eigenvalue weighted by Gasteiger charge is 2.24. The van der Waals surface area contributed by atoms with Crippen molar-refractivity contribution < 1.29 is 14.1 Å². The van der Waals surface area contributed by atoms with Crippen molar-refractivity contribution in [3.8, 4) is 11.3 Å². The van der Waals surface area contributed by atoms with E-state index in [9.17, 15) is 9.59 Å². The van der Waals surface area contributed by atoms with Gasteiger partial charge in [0.2, 0.25) is 5.91 Å². The Hall–Kier alpha value is -2.63. The number of likely N-dealkylation sites (tertiary alicyclic amines) is 1. The summed E-state index contributed by atoms with van der Waals surface area (Å²) in [5, 5.41) is 6.51. The van der Waals surface area contributed by atoms with E-state index in [1.165, 1.54) is 0 Å². The summed E-state index contributed by atoms with van der Waals surface area (Å²) in [6.07, 6.45) is 3.21. The minimum atomic E-state index is -0.576. The van der Waals surface area contributed by atoms with Gasteiger partial charge in [0.25, 0.3) is 5.91 Å². The fraction of sp³-hybridized carbons (Fsp3) is 0.389. The Balaban J connectivity index is 1.62. The molecule has 6 heteroatoms. The monoisotopic (exact) mass is 327 g/mol. The summed E-state index contributed by atoms with van der Waals surface area (Å²) in [6.45, 7) is 3.23. The predicted octanol–water partition coefficient (Wildman–Crippen LogP) is 2.47. The molecule has 0 saturated carbocycles. The lowest BCUT2D eigenvalue weighted by molar-refractivity contribution is -0.133. The summed E-state index contributed by atoms with van der Waals surface area (Å²) in [5.74, 6) is 0.0735. The number of aromatic nitrogens is 1. The second kappa shape index (κ2) is 7.29. The Labute approximate surface area is 140 Å². The lowest BCUT2D eigenvalue weighted by Gasteiger charge is -2.29. The van der Waals surface area contributed by atoms with Crippen LogP contribution in [0.15, 0.2) is 40.9 Å². The highest BCUT2D eigenvalue weighted by molar-refractivity contribution is 5.96. The molecule has 1 aromatic carbocycles. The molecule has 0 aliphatic carbocycles. The molecule has 1 atom stereocenters. The Morgan fingerprint density at radius 1 is 1.17 bits per heavy atom. The van der Waals surface area contributed by atoms with E-state index in [0.29, 0.717) is 5.76 Å². The first-order valence-corrected chi connectivity index (χ1v) is 8.27. The van der Waals surface area contributed by atoms with E-state index in [2.05, 4.69) is 10.5 Å². The first-order chi connectivity index (χ1) is 11.6. The summed E-state index contributed by atoms with van der Waals surface area (Å²) in [6, 6.07) is 10.4. The molecule has 0 bridgehead atoms. The van der Waals surface area contributed by atoms with Crippen LogP contribution in [-0.4, -0.2) is 41.0 Å². The number of nitrogens with zero attached hydrogens (tertiary/aromatic N) is 2. The van der Waals surface area contributed by atoms with Crippen LogP contribution in [0, 0.1) is 0 Å². The van der Waals surface area contributed by atoms with Crippen LogP contribution < -0.4 is 5.32 Å². The molecule has 3 rings (SSSR count). The Morgan fingerprint density at radius 3 is 2.58 bits per heavy atom. The van der Waals surface area contributed by atoms with Crippen LogP contribution in [0.25, 0.3) is 11.3 Å². The smallest absolute Gasteiger partial charge is 0.274 e. The number of nitrogens with one attached hydrogen (secondary N) is 1. The molecule has 1 aliphatic heterocycles. The van der Waals surface area contributed by atoms with Gasteiger partial charge < -0.3 is 14.7 Å². The SMILES string of the molecule is CC(NC(=O)c1cc(-c2ccccc2)on1)C(=O)N1CCCCC1. The molecule has 1 aromatic heterocycles. The maximum absolute atomic E-state index is 12.4. The largest absolute Gasteiger partial charge is 0.355 e. The molecule has 24 heavy (non-hydrogen) atoms. The number of rotatable bonds is 4. The third-order valence-corrected chi connectivity index (χ3v) is 4.19. The van der Waals surface area contributed by atoms with E-state index < -0.39 is 11.9 Å². The lowest BCUT2D eigenvalue weighted by atomic mass is 10.1. The van der Waals surface area contributed by atoms with Gasteiger partial charge in [0.15, 0.2) is 11.5 Å². The average molecular weight is 327 g/mol. The molecule has 1 fully saturated rings. The third kappa shape index (κ3) is 3.64. The number of piperidine rings is 1. The topological polar surface area (TPSA) is 75.4 Å². The quantitative estimate of drug-likeness (QED) is 0.936. The minimum Gasteiger partial charge on any atom is -0.355 e. The van der Waals surface area contributed by atoms with E-state index in [4.69, 9.17) is 4.52 Å². The molecule has 6 nitrogen and oxygen atoms in total. The summed E-state index contributed by atoms with van der Waals surface area (Å²) in [7, 11) is 0. The fourth-order valence-corrected chi connectivity index (χ4v) is 2.84. The van der Waals surface area contributed by atoms with Gasteiger partial charge in [0, 0.05) is 24.7 Å². The molecule has 1 aliphatic rings. The van der Waals surface area contributed by atoms with Gasteiger partial charge >= 0.3 is 0 Å². The van der Waals surface area contributed by atoms with E-state index in [-0.39, 0.29) is 11.6 Å². The van der Waals surface area contributed by atoms with Crippen LogP contribution in [0.2, 0.25) is 0 Å². The van der Waals surface area contributed by atoms with Crippen molar-refractivity contribution in [3.05, 3.63) is 42.1 Å². The standard InChI is InChI=1S/C18H21N3O3/c1-13(18(23)21-10-6-3-7-11-21)19-17(22)15-12-16(24-20-15)14-8-4-2-5-9-14/h2,4-5,8-9,12-13H,3,6-7,10-11H2,1H3,(H,19,22). The molecule has 126 valence electrons. The minimum absolute atomic E-state index is 0.0465. The normalized spacial score (nSPS) is 15.8.